The van der Waals surface area contributed by atoms with Crippen molar-refractivity contribution in [1.82, 2.24) is 15.1 Å². The average Bonchev–Trinajstić information content (AvgIpc) is 3.20. The smallest absolute Gasteiger partial charge is 0.369 e. The second-order valence-electron chi connectivity index (χ2n) is 5.38. The number of anilines is 2. The number of para-hydroxylation sites is 2. The van der Waals surface area contributed by atoms with Crippen molar-refractivity contribution >= 4 is 17.7 Å². The zero-order valence-corrected chi connectivity index (χ0v) is 14.5. The number of halogens is 1. The van der Waals surface area contributed by atoms with Crippen LogP contribution in [0.2, 0.25) is 0 Å². The van der Waals surface area contributed by atoms with Gasteiger partial charge in [-0.25, -0.2) is 0 Å². The topological polar surface area (TPSA) is 52.8 Å². The van der Waals surface area contributed by atoms with Crippen molar-refractivity contribution in [2.24, 2.45) is 5.10 Å². The number of nitrogens with zero attached hydrogens (tertiary/aromatic N) is 7. The molecule has 0 fully saturated rings. The van der Waals surface area contributed by atoms with Gasteiger partial charge in [0.25, 0.3) is 0 Å². The predicted molar refractivity (Wildman–Crippen MR) is 93.0 cm³/mol. The van der Waals surface area contributed by atoms with Gasteiger partial charge in [0.1, 0.15) is 0 Å². The van der Waals surface area contributed by atoms with Crippen LogP contribution in [-0.2, 0) is 0 Å². The Kier molecular flexibility index (Phi) is 4.52. The number of hydrogen-bond acceptors (Lipinski definition) is 6. The van der Waals surface area contributed by atoms with Crippen LogP contribution >= 0.6 is 0 Å². The minimum Gasteiger partial charge on any atom is -1.00 e. The summed E-state index contributed by atoms with van der Waals surface area (Å²) in [5.74, 6) is 0. The highest BCUT2D eigenvalue weighted by Gasteiger charge is 2.40. The maximum atomic E-state index is 4.49. The van der Waals surface area contributed by atoms with E-state index in [-0.39, 0.29) is 12.4 Å². The van der Waals surface area contributed by atoms with E-state index in [1.807, 2.05) is 74.5 Å². The molecular weight excluding hydrogens is 338 g/mol. The van der Waals surface area contributed by atoms with Crippen LogP contribution in [0.25, 0.3) is 0 Å². The lowest BCUT2D eigenvalue weighted by Crippen LogP contribution is -3.00. The first-order valence-corrected chi connectivity index (χ1v) is 7.61. The number of benzene rings is 2. The molecule has 0 aliphatic carbocycles. The Labute approximate surface area is 152 Å². The molecule has 0 radical (unpaired) electrons. The fourth-order valence-electron chi connectivity index (χ4n) is 2.37. The zero-order valence-electron chi connectivity index (χ0n) is 13.8. The second-order valence-corrected chi connectivity index (χ2v) is 5.38. The molecule has 1 aromatic heterocycles. The van der Waals surface area contributed by atoms with E-state index in [0.717, 1.165) is 22.8 Å². The molecular formula is C17H16ClN7. The van der Waals surface area contributed by atoms with Crippen LogP contribution in [0.1, 0.15) is 11.4 Å². The monoisotopic (exact) mass is 353 g/mol. The van der Waals surface area contributed by atoms with E-state index < -0.39 is 0 Å². The summed E-state index contributed by atoms with van der Waals surface area (Å²) in [5.41, 5.74) is 3.52. The van der Waals surface area contributed by atoms with Gasteiger partial charge in [-0.1, -0.05) is 24.3 Å². The van der Waals surface area contributed by atoms with Crippen LogP contribution in [0.3, 0.4) is 0 Å². The highest BCUT2D eigenvalue weighted by Crippen LogP contribution is 2.24. The molecule has 0 saturated heterocycles. The Morgan fingerprint density at radius 2 is 1.28 bits per heavy atom. The predicted octanol–water partition coefficient (Wildman–Crippen LogP) is -0.486. The fourth-order valence-corrected chi connectivity index (χ4v) is 2.37. The van der Waals surface area contributed by atoms with Gasteiger partial charge in [0.05, 0.1) is 17.1 Å². The van der Waals surface area contributed by atoms with Crippen molar-refractivity contribution in [3.8, 4) is 0 Å². The Bertz CT molecular complexity index is 794. The first kappa shape index (κ1) is 16.7. The van der Waals surface area contributed by atoms with Gasteiger partial charge in [-0.15, -0.1) is 15.3 Å². The number of rotatable bonds is 3. The summed E-state index contributed by atoms with van der Waals surface area (Å²) in [6.07, 6.45) is 3.01. The quantitative estimate of drug-likeness (QED) is 0.595. The number of hydrazone groups is 1. The summed E-state index contributed by atoms with van der Waals surface area (Å²) in [7, 11) is 0. The third kappa shape index (κ3) is 2.98. The maximum absolute atomic E-state index is 4.49. The molecule has 8 heteroatoms. The summed E-state index contributed by atoms with van der Waals surface area (Å²) in [6, 6.07) is 19.7. The molecule has 0 saturated carbocycles. The molecule has 0 atom stereocenters. The number of hydrogen-bond donors (Lipinski definition) is 0. The molecule has 1 aliphatic rings. The molecule has 1 aliphatic heterocycles. The minimum absolute atomic E-state index is 0. The Morgan fingerprint density at radius 1 is 0.760 bits per heavy atom. The number of hydrazine groups is 2. The van der Waals surface area contributed by atoms with Crippen molar-refractivity contribution in [1.29, 1.82) is 0 Å². The Morgan fingerprint density at radius 3 is 1.84 bits per heavy atom. The van der Waals surface area contributed by atoms with Crippen LogP contribution < -0.4 is 27.8 Å². The van der Waals surface area contributed by atoms with Crippen LogP contribution in [0, 0.1) is 13.8 Å². The van der Waals surface area contributed by atoms with Gasteiger partial charge in [0, 0.05) is 22.2 Å². The van der Waals surface area contributed by atoms with Gasteiger partial charge in [0.15, 0.2) is 0 Å². The average molecular weight is 354 g/mol. The van der Waals surface area contributed by atoms with E-state index in [1.165, 1.54) is 4.91 Å². The highest BCUT2D eigenvalue weighted by molar-refractivity contribution is 5.84. The van der Waals surface area contributed by atoms with Crippen LogP contribution in [0.5, 0.6) is 0 Å². The van der Waals surface area contributed by atoms with Gasteiger partial charge in [-0.05, 0) is 48.2 Å². The molecule has 3 aromatic rings. The van der Waals surface area contributed by atoms with E-state index in [4.69, 9.17) is 0 Å². The van der Waals surface area contributed by atoms with Gasteiger partial charge in [0.2, 0.25) is 5.69 Å². The van der Waals surface area contributed by atoms with Gasteiger partial charge < -0.3 is 12.4 Å². The van der Waals surface area contributed by atoms with Crippen LogP contribution in [0.15, 0.2) is 65.8 Å². The molecule has 25 heavy (non-hydrogen) atoms. The van der Waals surface area contributed by atoms with Crippen molar-refractivity contribution in [3.05, 3.63) is 72.1 Å². The normalized spacial score (nSPS) is 13.0. The lowest BCUT2D eigenvalue weighted by Gasteiger charge is -2.25. The third-order valence-corrected chi connectivity index (χ3v) is 3.73. The standard InChI is InChI=1S/C17H16N7.ClH/c1-14-15(2)20-23(19-14)24-21(16-9-5-3-6-10-16)13-18-22(24)17-11-7-4-8-12-17;/h3-12H,1-2H3;1H/q+1;/p-1. The Balaban J connectivity index is 0.00000182. The molecule has 0 N–H and O–H groups in total. The minimum atomic E-state index is 0. The van der Waals surface area contributed by atoms with Crippen molar-refractivity contribution in [2.45, 2.75) is 13.8 Å². The summed E-state index contributed by atoms with van der Waals surface area (Å²) in [4.78, 5) is 1.52. The summed E-state index contributed by atoms with van der Waals surface area (Å²) in [5, 5.41) is 18.6. The molecule has 2 aromatic carbocycles. The van der Waals surface area contributed by atoms with Crippen LogP contribution in [-0.4, -0.2) is 21.4 Å². The van der Waals surface area contributed by atoms with E-state index in [0.29, 0.717) is 0 Å². The molecule has 2 heterocycles. The number of aryl methyl sites for hydroxylation is 2. The van der Waals surface area contributed by atoms with E-state index in [1.54, 1.807) is 15.4 Å². The third-order valence-electron chi connectivity index (χ3n) is 3.73. The molecule has 7 nitrogen and oxygen atoms in total. The summed E-state index contributed by atoms with van der Waals surface area (Å²) in [6.45, 7) is 3.86. The lowest BCUT2D eigenvalue weighted by molar-refractivity contribution is -0.00000503. The van der Waals surface area contributed by atoms with E-state index in [9.17, 15) is 0 Å². The SMILES string of the molecule is Cc1nn(N2N(c3ccccc3)[C+]=NN2c2ccccc2)nc1C.[Cl-]. The largest absolute Gasteiger partial charge is 1.00 e. The second kappa shape index (κ2) is 6.76. The molecule has 0 bridgehead atoms. The number of aromatic nitrogens is 3. The maximum Gasteiger partial charge on any atom is 0.369 e. The van der Waals surface area contributed by atoms with Crippen molar-refractivity contribution in [3.63, 3.8) is 0 Å². The molecule has 0 amide bonds. The lowest BCUT2D eigenvalue weighted by atomic mass is 10.3. The molecule has 4 rings (SSSR count). The van der Waals surface area contributed by atoms with Crippen LogP contribution in [0.4, 0.5) is 11.4 Å². The first-order chi connectivity index (χ1) is 11.7. The van der Waals surface area contributed by atoms with Gasteiger partial charge >= 0.3 is 6.34 Å². The Hall–Kier alpha value is -3.15. The molecule has 0 spiro atoms. The van der Waals surface area contributed by atoms with Gasteiger partial charge in [-0.2, -0.15) is 0 Å². The fraction of sp³-hybridized carbons (Fsp3) is 0.118. The zero-order chi connectivity index (χ0) is 16.5. The van der Waals surface area contributed by atoms with E-state index in [2.05, 4.69) is 21.6 Å². The van der Waals surface area contributed by atoms with Gasteiger partial charge in [-0.3, -0.25) is 0 Å². The molecule has 0 unspecified atom stereocenters. The van der Waals surface area contributed by atoms with E-state index >= 15 is 0 Å². The molecule has 126 valence electrons. The summed E-state index contributed by atoms with van der Waals surface area (Å²) >= 11 is 0. The first-order valence-electron chi connectivity index (χ1n) is 7.61. The van der Waals surface area contributed by atoms with Crippen molar-refractivity contribution in [2.75, 3.05) is 15.4 Å². The summed E-state index contributed by atoms with van der Waals surface area (Å²) < 4.78 is 0. The van der Waals surface area contributed by atoms with Crippen molar-refractivity contribution < 1.29 is 12.4 Å². The highest BCUT2D eigenvalue weighted by atomic mass is 35.5.